The molecule has 0 aromatic heterocycles. The van der Waals surface area contributed by atoms with Crippen LogP contribution in [-0.4, -0.2) is 42.8 Å². The number of dihydropyridines is 1. The molecule has 0 unspecified atom stereocenters. The summed E-state index contributed by atoms with van der Waals surface area (Å²) in [5, 5.41) is 14.4. The molecule has 2 aliphatic heterocycles. The Bertz CT molecular complexity index is 990. The largest absolute Gasteiger partial charge is 0.459 e. The molecule has 1 aromatic rings. The number of hydrogen-bond acceptors (Lipinski definition) is 8. The average Bonchev–Trinajstić information content (AvgIpc) is 3.29. The van der Waals surface area contributed by atoms with Gasteiger partial charge in [-0.05, 0) is 32.3 Å². The number of nitro groups is 1. The maximum absolute atomic E-state index is 13.2. The van der Waals surface area contributed by atoms with Gasteiger partial charge >= 0.3 is 11.9 Å². The minimum Gasteiger partial charge on any atom is -0.459 e. The van der Waals surface area contributed by atoms with Crippen LogP contribution >= 0.6 is 0 Å². The summed E-state index contributed by atoms with van der Waals surface area (Å²) in [7, 11) is 0. The summed E-state index contributed by atoms with van der Waals surface area (Å²) in [6, 6.07) is 5.85. The molecule has 2 atom stereocenters. The molecule has 1 fully saturated rings. The monoisotopic (exact) mass is 442 g/mol. The van der Waals surface area contributed by atoms with Crippen molar-refractivity contribution in [2.24, 2.45) is 0 Å². The van der Waals surface area contributed by atoms with E-state index in [4.69, 9.17) is 14.2 Å². The second-order valence-electron chi connectivity index (χ2n) is 7.61. The molecule has 0 radical (unpaired) electrons. The Labute approximate surface area is 185 Å². The van der Waals surface area contributed by atoms with E-state index in [2.05, 4.69) is 11.9 Å². The second-order valence-corrected chi connectivity index (χ2v) is 7.61. The van der Waals surface area contributed by atoms with Gasteiger partial charge in [-0.15, -0.1) is 0 Å². The number of benzene rings is 1. The Morgan fingerprint density at radius 2 is 1.94 bits per heavy atom. The number of esters is 2. The van der Waals surface area contributed by atoms with E-state index in [-0.39, 0.29) is 36.2 Å². The van der Waals surface area contributed by atoms with Gasteiger partial charge in [-0.25, -0.2) is 9.59 Å². The number of rotatable bonds is 8. The van der Waals surface area contributed by atoms with E-state index in [0.717, 1.165) is 12.8 Å². The van der Waals surface area contributed by atoms with Crippen LogP contribution < -0.4 is 5.32 Å². The highest BCUT2D eigenvalue weighted by Gasteiger charge is 2.38. The Balaban J connectivity index is 2.02. The normalized spacial score (nSPS) is 20.6. The molecule has 1 saturated heterocycles. The topological polar surface area (TPSA) is 117 Å². The lowest BCUT2D eigenvalue weighted by Gasteiger charge is -2.30. The van der Waals surface area contributed by atoms with Crippen molar-refractivity contribution < 1.29 is 28.7 Å². The zero-order chi connectivity index (χ0) is 23.3. The van der Waals surface area contributed by atoms with Crippen LogP contribution in [-0.2, 0) is 23.8 Å². The van der Waals surface area contributed by atoms with Gasteiger partial charge in [-0.3, -0.25) is 10.1 Å². The molecule has 0 bridgehead atoms. The first-order valence-electron chi connectivity index (χ1n) is 10.3. The van der Waals surface area contributed by atoms with Gasteiger partial charge < -0.3 is 19.5 Å². The fourth-order valence-electron chi connectivity index (χ4n) is 3.92. The summed E-state index contributed by atoms with van der Waals surface area (Å²) in [5.74, 6) is -2.17. The third kappa shape index (κ3) is 5.05. The third-order valence-electron chi connectivity index (χ3n) is 5.37. The predicted octanol–water partition coefficient (Wildman–Crippen LogP) is 3.28. The minimum absolute atomic E-state index is 0.0151. The Morgan fingerprint density at radius 1 is 1.25 bits per heavy atom. The van der Waals surface area contributed by atoms with Crippen molar-refractivity contribution in [2.75, 3.05) is 19.8 Å². The third-order valence-corrected chi connectivity index (χ3v) is 5.37. The average molecular weight is 442 g/mol. The van der Waals surface area contributed by atoms with Crippen molar-refractivity contribution >= 4 is 17.6 Å². The molecule has 0 saturated carbocycles. The van der Waals surface area contributed by atoms with E-state index in [9.17, 15) is 19.7 Å². The van der Waals surface area contributed by atoms with E-state index in [0.29, 0.717) is 23.6 Å². The molecule has 9 heteroatoms. The molecule has 1 N–H and O–H groups in total. The molecule has 0 amide bonds. The van der Waals surface area contributed by atoms with E-state index in [1.54, 1.807) is 19.9 Å². The summed E-state index contributed by atoms with van der Waals surface area (Å²) in [4.78, 5) is 36.9. The van der Waals surface area contributed by atoms with Crippen molar-refractivity contribution in [2.45, 2.75) is 38.7 Å². The molecule has 3 rings (SSSR count). The van der Waals surface area contributed by atoms with Crippen LogP contribution in [0.2, 0.25) is 0 Å². The molecule has 2 aliphatic rings. The fraction of sp³-hybridized carbons (Fsp3) is 0.391. The number of carbonyl (C=O) groups is 2. The summed E-state index contributed by atoms with van der Waals surface area (Å²) in [6.07, 6.45) is 2.98. The SMILES string of the molecule is C=CCOC(=O)C1=C(C)NC(C)=C(C(=O)OC[C@@H]2CCCO2)[C@H]1c1cccc([N+](=O)[O-])c1. The lowest BCUT2D eigenvalue weighted by Crippen LogP contribution is -2.33. The first-order chi connectivity index (χ1) is 15.3. The van der Waals surface area contributed by atoms with Gasteiger partial charge in [0.1, 0.15) is 13.2 Å². The lowest BCUT2D eigenvalue weighted by molar-refractivity contribution is -0.384. The summed E-state index contributed by atoms with van der Waals surface area (Å²) < 4.78 is 16.3. The van der Waals surface area contributed by atoms with Crippen LogP contribution in [0.3, 0.4) is 0 Å². The zero-order valence-electron chi connectivity index (χ0n) is 18.1. The number of carbonyl (C=O) groups excluding carboxylic acids is 2. The number of non-ortho nitro benzene ring substituents is 1. The molecule has 9 nitrogen and oxygen atoms in total. The molecule has 0 aliphatic carbocycles. The fourth-order valence-corrected chi connectivity index (χ4v) is 3.92. The zero-order valence-corrected chi connectivity index (χ0v) is 18.1. The number of hydrogen-bond donors (Lipinski definition) is 1. The first-order valence-corrected chi connectivity index (χ1v) is 10.3. The smallest absolute Gasteiger partial charge is 0.337 e. The van der Waals surface area contributed by atoms with Gasteiger partial charge in [0.15, 0.2) is 0 Å². The second kappa shape index (κ2) is 10.2. The Hall–Kier alpha value is -3.46. The van der Waals surface area contributed by atoms with Crippen LogP contribution in [0.1, 0.15) is 38.2 Å². The highest BCUT2D eigenvalue weighted by Crippen LogP contribution is 2.40. The Morgan fingerprint density at radius 3 is 2.53 bits per heavy atom. The standard InChI is InChI=1S/C23H26N2O7/c1-4-10-31-22(26)19-14(2)24-15(3)20(23(27)32-13-18-9-6-11-30-18)21(19)16-7-5-8-17(12-16)25(28)29/h4-5,7-8,12,18,21,24H,1,6,9-11,13H2,2-3H3/t18-,21-/m0/s1. The van der Waals surface area contributed by atoms with Gasteiger partial charge in [0.2, 0.25) is 0 Å². The predicted molar refractivity (Wildman–Crippen MR) is 115 cm³/mol. The number of nitrogens with one attached hydrogen (secondary N) is 1. The highest BCUT2D eigenvalue weighted by atomic mass is 16.6. The number of ether oxygens (including phenoxy) is 3. The van der Waals surface area contributed by atoms with Gasteiger partial charge in [-0.1, -0.05) is 24.8 Å². The summed E-state index contributed by atoms with van der Waals surface area (Å²) >= 11 is 0. The molecule has 32 heavy (non-hydrogen) atoms. The summed E-state index contributed by atoms with van der Waals surface area (Å²) in [5.41, 5.74) is 1.62. The van der Waals surface area contributed by atoms with Gasteiger partial charge in [0.25, 0.3) is 5.69 Å². The lowest BCUT2D eigenvalue weighted by atomic mass is 9.80. The number of allylic oxidation sites excluding steroid dienone is 2. The van der Waals surface area contributed by atoms with E-state index < -0.39 is 22.8 Å². The molecular formula is C23H26N2O7. The van der Waals surface area contributed by atoms with Crippen molar-refractivity contribution in [3.63, 3.8) is 0 Å². The van der Waals surface area contributed by atoms with E-state index in [1.807, 2.05) is 0 Å². The maximum atomic E-state index is 13.2. The molecule has 2 heterocycles. The van der Waals surface area contributed by atoms with Crippen LogP contribution in [0, 0.1) is 10.1 Å². The maximum Gasteiger partial charge on any atom is 0.337 e. The molecular weight excluding hydrogens is 416 g/mol. The number of nitrogens with zero attached hydrogens (tertiary/aromatic N) is 1. The van der Waals surface area contributed by atoms with Crippen molar-refractivity contribution in [3.05, 3.63) is 75.1 Å². The molecule has 170 valence electrons. The minimum atomic E-state index is -0.898. The summed E-state index contributed by atoms with van der Waals surface area (Å²) in [6.45, 7) is 7.63. The van der Waals surface area contributed by atoms with Crippen molar-refractivity contribution in [1.29, 1.82) is 0 Å². The molecule has 1 aromatic carbocycles. The van der Waals surface area contributed by atoms with Gasteiger partial charge in [0.05, 0.1) is 28.1 Å². The first kappa shape index (κ1) is 23.2. The van der Waals surface area contributed by atoms with Gasteiger partial charge in [0, 0.05) is 30.1 Å². The number of nitro benzene ring substituents is 1. The van der Waals surface area contributed by atoms with E-state index >= 15 is 0 Å². The van der Waals surface area contributed by atoms with Crippen LogP contribution in [0.15, 0.2) is 59.5 Å². The molecule has 0 spiro atoms. The van der Waals surface area contributed by atoms with Crippen molar-refractivity contribution in [1.82, 2.24) is 5.32 Å². The van der Waals surface area contributed by atoms with Gasteiger partial charge in [-0.2, -0.15) is 0 Å². The highest BCUT2D eigenvalue weighted by molar-refractivity contribution is 6.00. The Kier molecular flexibility index (Phi) is 7.42. The quantitative estimate of drug-likeness (QED) is 0.282. The van der Waals surface area contributed by atoms with Crippen LogP contribution in [0.5, 0.6) is 0 Å². The van der Waals surface area contributed by atoms with Crippen LogP contribution in [0.25, 0.3) is 0 Å². The van der Waals surface area contributed by atoms with Crippen molar-refractivity contribution in [3.8, 4) is 0 Å². The van der Waals surface area contributed by atoms with E-state index in [1.165, 1.54) is 24.3 Å². The van der Waals surface area contributed by atoms with Crippen LogP contribution in [0.4, 0.5) is 5.69 Å².